The first-order chi connectivity index (χ1) is 14.7. The fraction of sp³-hybridized carbons (Fsp3) is 0.538. The Morgan fingerprint density at radius 2 is 1.75 bits per heavy atom. The number of esters is 1. The number of hydrogen-bond acceptors (Lipinski definition) is 4. The normalized spacial score (nSPS) is 23.2. The Labute approximate surface area is 199 Å². The highest BCUT2D eigenvalue weighted by Crippen LogP contribution is 2.38. The van der Waals surface area contributed by atoms with Crippen LogP contribution < -0.4 is 0 Å². The van der Waals surface area contributed by atoms with Crippen LogP contribution in [-0.4, -0.2) is 32.3 Å². The Hall–Kier alpha value is -1.69. The van der Waals surface area contributed by atoms with E-state index >= 15 is 0 Å². The number of benzene rings is 1. The van der Waals surface area contributed by atoms with Crippen LogP contribution >= 0.6 is 11.6 Å². The first-order valence-electron chi connectivity index (χ1n) is 11.3. The molecule has 2 atom stereocenters. The molecule has 1 heterocycles. The number of hydrogen-bond donors (Lipinski definition) is 0. The Kier molecular flexibility index (Phi) is 8.71. The van der Waals surface area contributed by atoms with E-state index in [1.54, 1.807) is 6.08 Å². The molecule has 0 fully saturated rings. The summed E-state index contributed by atoms with van der Waals surface area (Å²) in [4.78, 5) is 25.8. The number of fused-ring (bicyclic) bond motifs is 1. The van der Waals surface area contributed by atoms with Gasteiger partial charge in [0.1, 0.15) is 6.10 Å². The van der Waals surface area contributed by atoms with Crippen LogP contribution in [0.3, 0.4) is 0 Å². The van der Waals surface area contributed by atoms with E-state index in [1.807, 2.05) is 45.1 Å². The second-order valence-electron chi connectivity index (χ2n) is 10.3. The van der Waals surface area contributed by atoms with Crippen LogP contribution in [-0.2, 0) is 20.4 Å². The molecular weight excluding hydrogens is 440 g/mol. The first-order valence-corrected chi connectivity index (χ1v) is 14.5. The molecule has 0 saturated carbocycles. The summed E-state index contributed by atoms with van der Waals surface area (Å²) in [6.45, 7) is 16.6. The van der Waals surface area contributed by atoms with Crippen LogP contribution in [0.15, 0.2) is 30.4 Å². The second kappa shape index (κ2) is 10.5. The number of allylic oxidation sites excluding steroid dienone is 1. The van der Waals surface area contributed by atoms with Gasteiger partial charge in [-0.2, -0.15) is 0 Å². The molecule has 0 amide bonds. The lowest BCUT2D eigenvalue weighted by atomic mass is 9.94. The van der Waals surface area contributed by atoms with Crippen molar-refractivity contribution < 1.29 is 18.8 Å². The number of ketones is 1. The number of aryl methyl sites for hydroxylation is 2. The van der Waals surface area contributed by atoms with Gasteiger partial charge >= 0.3 is 5.97 Å². The van der Waals surface area contributed by atoms with Gasteiger partial charge in [0.05, 0.1) is 11.7 Å². The van der Waals surface area contributed by atoms with Crippen LogP contribution in [0.25, 0.3) is 0 Å². The molecule has 0 aromatic heterocycles. The van der Waals surface area contributed by atoms with Gasteiger partial charge in [0.2, 0.25) is 0 Å². The molecule has 0 spiro atoms. The highest BCUT2D eigenvalue weighted by Gasteiger charge is 2.38. The number of carbonyl (C=O) groups excluding carboxylic acids is 2. The van der Waals surface area contributed by atoms with Crippen molar-refractivity contribution >= 4 is 31.7 Å². The molecule has 0 unspecified atom stereocenters. The molecule has 2 rings (SSSR count). The SMILES string of the molecule is Cc1cc(C)c2c(c1Cl)CC(=O)/C=C/C[C@@H](O[Si](C)(C)C(C)(C)C)/C=C/C[C@@H](C)OC2=O. The van der Waals surface area contributed by atoms with Gasteiger partial charge < -0.3 is 9.16 Å². The second-order valence-corrected chi connectivity index (χ2v) is 15.4. The van der Waals surface area contributed by atoms with E-state index in [9.17, 15) is 9.59 Å². The van der Waals surface area contributed by atoms with Crippen molar-refractivity contribution in [2.45, 2.75) is 91.1 Å². The molecule has 4 nitrogen and oxygen atoms in total. The van der Waals surface area contributed by atoms with E-state index in [0.29, 0.717) is 29.0 Å². The molecule has 6 heteroatoms. The predicted molar refractivity (Wildman–Crippen MR) is 134 cm³/mol. The summed E-state index contributed by atoms with van der Waals surface area (Å²) in [7, 11) is -1.99. The predicted octanol–water partition coefficient (Wildman–Crippen LogP) is 6.91. The van der Waals surface area contributed by atoms with Crippen molar-refractivity contribution in [2.24, 2.45) is 0 Å². The van der Waals surface area contributed by atoms with Gasteiger partial charge in [-0.15, -0.1) is 0 Å². The number of halogens is 1. The minimum Gasteiger partial charge on any atom is -0.459 e. The van der Waals surface area contributed by atoms with Crippen molar-refractivity contribution in [2.75, 3.05) is 0 Å². The zero-order valence-electron chi connectivity index (χ0n) is 20.7. The van der Waals surface area contributed by atoms with E-state index < -0.39 is 14.3 Å². The van der Waals surface area contributed by atoms with Crippen LogP contribution in [0.4, 0.5) is 0 Å². The molecule has 1 aromatic rings. The van der Waals surface area contributed by atoms with Gasteiger partial charge in [0.25, 0.3) is 0 Å². The quantitative estimate of drug-likeness (QED) is 0.264. The van der Waals surface area contributed by atoms with E-state index in [-0.39, 0.29) is 29.5 Å². The van der Waals surface area contributed by atoms with E-state index in [4.69, 9.17) is 20.8 Å². The summed E-state index contributed by atoms with van der Waals surface area (Å²) in [6.07, 6.45) is 8.29. The summed E-state index contributed by atoms with van der Waals surface area (Å²) in [5, 5.41) is 0.529. The van der Waals surface area contributed by atoms with Crippen LogP contribution in [0.5, 0.6) is 0 Å². The monoisotopic (exact) mass is 476 g/mol. The van der Waals surface area contributed by atoms with Gasteiger partial charge in [-0.25, -0.2) is 4.79 Å². The molecule has 1 aliphatic rings. The summed E-state index contributed by atoms with van der Waals surface area (Å²) < 4.78 is 12.3. The van der Waals surface area contributed by atoms with Gasteiger partial charge in [0.15, 0.2) is 14.1 Å². The zero-order valence-corrected chi connectivity index (χ0v) is 22.4. The molecule has 0 saturated heterocycles. The third-order valence-electron chi connectivity index (χ3n) is 6.35. The average molecular weight is 477 g/mol. The molecule has 32 heavy (non-hydrogen) atoms. The van der Waals surface area contributed by atoms with Crippen LogP contribution in [0.1, 0.15) is 67.6 Å². The standard InChI is InChI=1S/C26H37ClO4Si/c1-17-15-18(2)24(27)22-16-20(28)12-10-14-21(31-32(7,8)26(4,5)6)13-9-11-19(3)30-25(29)23(17)22/h9-10,12-13,15,19,21H,11,14,16H2,1-8H3/b12-10+,13-9+/t19-,21+/m1/s1. The van der Waals surface area contributed by atoms with E-state index in [2.05, 4.69) is 33.9 Å². The maximum absolute atomic E-state index is 13.0. The molecular formula is C26H37ClO4Si. The lowest BCUT2D eigenvalue weighted by Gasteiger charge is -2.38. The molecule has 0 radical (unpaired) electrons. The maximum atomic E-state index is 13.0. The highest BCUT2D eigenvalue weighted by atomic mass is 35.5. The Bertz CT molecular complexity index is 925. The molecule has 0 N–H and O–H groups in total. The molecule has 176 valence electrons. The summed E-state index contributed by atoms with van der Waals surface area (Å²) in [6, 6.07) is 1.86. The summed E-state index contributed by atoms with van der Waals surface area (Å²) in [5.41, 5.74) is 2.54. The molecule has 0 bridgehead atoms. The maximum Gasteiger partial charge on any atom is 0.339 e. The van der Waals surface area contributed by atoms with Gasteiger partial charge in [-0.05, 0) is 68.1 Å². The lowest BCUT2D eigenvalue weighted by Crippen LogP contribution is -2.43. The third kappa shape index (κ3) is 6.66. The largest absolute Gasteiger partial charge is 0.459 e. The number of rotatable bonds is 2. The van der Waals surface area contributed by atoms with Gasteiger partial charge in [-0.1, -0.05) is 56.7 Å². The lowest BCUT2D eigenvalue weighted by molar-refractivity contribution is -0.114. The number of carbonyl (C=O) groups is 2. The van der Waals surface area contributed by atoms with Crippen molar-refractivity contribution in [3.05, 3.63) is 57.6 Å². The van der Waals surface area contributed by atoms with Crippen LogP contribution in [0.2, 0.25) is 23.2 Å². The number of ether oxygens (including phenoxy) is 1. The molecule has 1 aliphatic heterocycles. The van der Waals surface area contributed by atoms with Gasteiger partial charge in [0, 0.05) is 17.9 Å². The van der Waals surface area contributed by atoms with Gasteiger partial charge in [-0.3, -0.25) is 4.79 Å². The van der Waals surface area contributed by atoms with E-state index in [0.717, 1.165) is 11.1 Å². The van der Waals surface area contributed by atoms with Crippen molar-refractivity contribution in [1.82, 2.24) is 0 Å². The summed E-state index contributed by atoms with van der Waals surface area (Å²) in [5.74, 6) is -0.547. The Morgan fingerprint density at radius 1 is 1.09 bits per heavy atom. The molecule has 0 aliphatic carbocycles. The van der Waals surface area contributed by atoms with Crippen molar-refractivity contribution in [1.29, 1.82) is 0 Å². The number of cyclic esters (lactones) is 1. The van der Waals surface area contributed by atoms with Crippen molar-refractivity contribution in [3.63, 3.8) is 0 Å². The third-order valence-corrected chi connectivity index (χ3v) is 11.4. The fourth-order valence-electron chi connectivity index (χ4n) is 3.50. The first kappa shape index (κ1) is 26.6. The highest BCUT2D eigenvalue weighted by molar-refractivity contribution is 6.74. The average Bonchev–Trinajstić information content (AvgIpc) is 2.63. The Balaban J connectivity index is 2.40. The Morgan fingerprint density at radius 3 is 2.38 bits per heavy atom. The minimum atomic E-state index is -1.99. The zero-order chi connectivity index (χ0) is 24.3. The fourth-order valence-corrected chi connectivity index (χ4v) is 5.00. The smallest absolute Gasteiger partial charge is 0.339 e. The van der Waals surface area contributed by atoms with Crippen LogP contribution in [0, 0.1) is 13.8 Å². The van der Waals surface area contributed by atoms with E-state index in [1.165, 1.54) is 0 Å². The minimum absolute atomic E-state index is 0.0558. The van der Waals surface area contributed by atoms with Crippen molar-refractivity contribution in [3.8, 4) is 0 Å². The summed E-state index contributed by atoms with van der Waals surface area (Å²) >= 11 is 6.53. The topological polar surface area (TPSA) is 52.6 Å². The molecule has 1 aromatic carbocycles.